The van der Waals surface area contributed by atoms with Crippen molar-refractivity contribution in [2.24, 2.45) is 15.9 Å². The van der Waals surface area contributed by atoms with Crippen molar-refractivity contribution in [2.75, 3.05) is 0 Å². The zero-order chi connectivity index (χ0) is 12.8. The Labute approximate surface area is 113 Å². The minimum Gasteiger partial charge on any atom is -0.377 e. The molecule has 4 nitrogen and oxygen atoms in total. The molecule has 0 aliphatic rings. The van der Waals surface area contributed by atoms with E-state index in [0.29, 0.717) is 5.84 Å². The minimum absolute atomic E-state index is 0.346. The first-order chi connectivity index (χ1) is 8.77. The number of rotatable bonds is 3. The van der Waals surface area contributed by atoms with E-state index < -0.39 is 0 Å². The van der Waals surface area contributed by atoms with Gasteiger partial charge in [-0.25, -0.2) is 4.98 Å². The van der Waals surface area contributed by atoms with Crippen LogP contribution in [0.15, 0.2) is 63.3 Å². The molecule has 1 aromatic heterocycles. The van der Waals surface area contributed by atoms with Gasteiger partial charge in [0, 0.05) is 22.2 Å². The lowest BCUT2D eigenvalue weighted by Crippen LogP contribution is -2.23. The topological polar surface area (TPSA) is 64.9 Å². The fraction of sp³-hybridized carbons (Fsp3) is 0. The third kappa shape index (κ3) is 3.24. The second-order valence-electron chi connectivity index (χ2n) is 3.53. The van der Waals surface area contributed by atoms with Crippen molar-refractivity contribution in [2.45, 2.75) is 0 Å². The first kappa shape index (κ1) is 12.4. The highest BCUT2D eigenvalue weighted by Crippen LogP contribution is 2.13. The quantitative estimate of drug-likeness (QED) is 0.526. The number of H-pyrrole nitrogens is 1. The smallest absolute Gasteiger partial charge is 0.247 e. The van der Waals surface area contributed by atoms with Crippen LogP contribution in [0.1, 0.15) is 11.3 Å². The van der Waals surface area contributed by atoms with E-state index in [0.717, 1.165) is 15.7 Å². The van der Waals surface area contributed by atoms with Crippen LogP contribution in [0.25, 0.3) is 0 Å². The number of nitrogens with zero attached hydrogens (tertiary/aromatic N) is 2. The second-order valence-corrected chi connectivity index (χ2v) is 4.38. The summed E-state index contributed by atoms with van der Waals surface area (Å²) in [5, 5.41) is 7.91. The molecule has 0 radical (unpaired) electrons. The molecule has 0 saturated heterocycles. The Morgan fingerprint density at radius 3 is 2.67 bits per heavy atom. The Kier molecular flexibility index (Phi) is 4.20. The number of amidine groups is 1. The maximum Gasteiger partial charge on any atom is 0.247 e. The minimum atomic E-state index is 0.346. The van der Waals surface area contributed by atoms with E-state index in [1.165, 1.54) is 0 Å². The molecule has 1 heterocycles. The van der Waals surface area contributed by atoms with Crippen LogP contribution in [0.3, 0.4) is 0 Å². The molecule has 90 valence electrons. The molecule has 5 heteroatoms. The van der Waals surface area contributed by atoms with Gasteiger partial charge in [0.15, 0.2) is 6.20 Å². The average molecular weight is 304 g/mol. The van der Waals surface area contributed by atoms with Crippen molar-refractivity contribution in [3.63, 3.8) is 0 Å². The van der Waals surface area contributed by atoms with Gasteiger partial charge >= 0.3 is 0 Å². The molecule has 0 bridgehead atoms. The zero-order valence-corrected chi connectivity index (χ0v) is 11.1. The molecule has 2 rings (SSSR count). The summed E-state index contributed by atoms with van der Waals surface area (Å²) in [5.41, 5.74) is 7.48. The predicted molar refractivity (Wildman–Crippen MR) is 75.5 cm³/mol. The Morgan fingerprint density at radius 2 is 1.94 bits per heavy atom. The molecular formula is C13H12BrN4+. The van der Waals surface area contributed by atoms with Gasteiger partial charge in [0.25, 0.3) is 0 Å². The number of hydrogen-bond donors (Lipinski definition) is 1. The number of hydrogen-bond acceptors (Lipinski definition) is 2. The highest BCUT2D eigenvalue weighted by Gasteiger charge is 2.03. The summed E-state index contributed by atoms with van der Waals surface area (Å²) in [5.74, 6) is 0.346. The molecule has 0 unspecified atom stereocenters. The van der Waals surface area contributed by atoms with Crippen LogP contribution in [0.4, 0.5) is 0 Å². The molecule has 0 atom stereocenters. The first-order valence-electron chi connectivity index (χ1n) is 5.35. The lowest BCUT2D eigenvalue weighted by Gasteiger charge is -1.94. The van der Waals surface area contributed by atoms with Gasteiger partial charge in [-0.15, -0.1) is 5.10 Å². The highest BCUT2D eigenvalue weighted by atomic mass is 79.9. The maximum absolute atomic E-state index is 5.79. The van der Waals surface area contributed by atoms with Crippen molar-refractivity contribution >= 4 is 28.0 Å². The SMILES string of the molecule is NC(=N/N=C/c1ccccc1Br)c1cccc[nH+]1. The molecule has 0 saturated carbocycles. The van der Waals surface area contributed by atoms with Gasteiger partial charge in [-0.05, 0) is 12.1 Å². The number of halogens is 1. The van der Waals surface area contributed by atoms with Crippen LogP contribution < -0.4 is 10.7 Å². The highest BCUT2D eigenvalue weighted by molar-refractivity contribution is 9.10. The molecule has 0 amide bonds. The van der Waals surface area contributed by atoms with Gasteiger partial charge in [-0.2, -0.15) is 5.10 Å². The van der Waals surface area contributed by atoms with Gasteiger partial charge in [0.2, 0.25) is 11.5 Å². The fourth-order valence-electron chi connectivity index (χ4n) is 1.34. The Hall–Kier alpha value is -2.01. The van der Waals surface area contributed by atoms with Crippen LogP contribution in [-0.4, -0.2) is 12.1 Å². The third-order valence-corrected chi connectivity index (χ3v) is 2.97. The average Bonchev–Trinajstić information content (AvgIpc) is 2.42. The maximum atomic E-state index is 5.79. The summed E-state index contributed by atoms with van der Waals surface area (Å²) in [6.07, 6.45) is 3.44. The number of pyridine rings is 1. The van der Waals surface area contributed by atoms with E-state index in [1.807, 2.05) is 42.5 Å². The van der Waals surface area contributed by atoms with E-state index in [1.54, 1.807) is 12.4 Å². The van der Waals surface area contributed by atoms with Crippen LogP contribution in [0, 0.1) is 0 Å². The van der Waals surface area contributed by atoms with Gasteiger partial charge in [-0.3, -0.25) is 0 Å². The van der Waals surface area contributed by atoms with Gasteiger partial charge in [0.05, 0.1) is 6.21 Å². The van der Waals surface area contributed by atoms with Crippen molar-refractivity contribution in [3.05, 3.63) is 64.4 Å². The van der Waals surface area contributed by atoms with E-state index in [9.17, 15) is 0 Å². The molecule has 1 aromatic carbocycles. The summed E-state index contributed by atoms with van der Waals surface area (Å²) < 4.78 is 0.966. The molecule has 0 aliphatic carbocycles. The van der Waals surface area contributed by atoms with Crippen LogP contribution >= 0.6 is 15.9 Å². The number of nitrogens with one attached hydrogen (secondary N) is 1. The van der Waals surface area contributed by atoms with Crippen LogP contribution in [0.5, 0.6) is 0 Å². The van der Waals surface area contributed by atoms with Crippen LogP contribution in [0.2, 0.25) is 0 Å². The summed E-state index contributed by atoms with van der Waals surface area (Å²) in [4.78, 5) is 2.99. The van der Waals surface area contributed by atoms with E-state index >= 15 is 0 Å². The van der Waals surface area contributed by atoms with Gasteiger partial charge in [0.1, 0.15) is 0 Å². The van der Waals surface area contributed by atoms with Crippen molar-refractivity contribution < 1.29 is 4.98 Å². The normalized spacial score (nSPS) is 11.9. The predicted octanol–water partition coefficient (Wildman–Crippen LogP) is 2.00. The molecule has 2 aromatic rings. The van der Waals surface area contributed by atoms with Crippen LogP contribution in [-0.2, 0) is 0 Å². The number of benzene rings is 1. The Balaban J connectivity index is 2.14. The van der Waals surface area contributed by atoms with Crippen molar-refractivity contribution in [1.29, 1.82) is 0 Å². The van der Waals surface area contributed by atoms with Gasteiger partial charge < -0.3 is 5.73 Å². The first-order valence-corrected chi connectivity index (χ1v) is 6.15. The molecule has 3 N–H and O–H groups in total. The lowest BCUT2D eigenvalue weighted by atomic mass is 10.2. The molecule has 0 fully saturated rings. The zero-order valence-electron chi connectivity index (χ0n) is 9.55. The standard InChI is InChI=1S/C13H11BrN4/c14-11-6-2-1-5-10(11)9-17-18-13(15)12-7-3-4-8-16-12/h1-9H,(H2,15,18)/p+1/b17-9+. The molecule has 0 spiro atoms. The van der Waals surface area contributed by atoms with Gasteiger partial charge in [-0.1, -0.05) is 34.1 Å². The summed E-state index contributed by atoms with van der Waals surface area (Å²) in [7, 11) is 0. The van der Waals surface area contributed by atoms with Crippen molar-refractivity contribution in [3.8, 4) is 0 Å². The van der Waals surface area contributed by atoms with E-state index in [4.69, 9.17) is 5.73 Å². The molecule has 18 heavy (non-hydrogen) atoms. The largest absolute Gasteiger partial charge is 0.377 e. The second kappa shape index (κ2) is 6.07. The summed E-state index contributed by atoms with van der Waals surface area (Å²) in [6, 6.07) is 13.4. The fourth-order valence-corrected chi connectivity index (χ4v) is 1.73. The van der Waals surface area contributed by atoms with Crippen molar-refractivity contribution in [1.82, 2.24) is 0 Å². The number of nitrogens with two attached hydrogens (primary N) is 1. The summed E-state index contributed by atoms with van der Waals surface area (Å²) >= 11 is 3.43. The molecule has 0 aliphatic heterocycles. The van der Waals surface area contributed by atoms with E-state index in [-0.39, 0.29) is 0 Å². The number of aromatic nitrogens is 1. The number of aromatic amines is 1. The van der Waals surface area contributed by atoms with E-state index in [2.05, 4.69) is 31.1 Å². The Bertz CT molecular complexity index is 579. The lowest BCUT2D eigenvalue weighted by molar-refractivity contribution is -0.380. The third-order valence-electron chi connectivity index (χ3n) is 2.25. The molecular weight excluding hydrogens is 292 g/mol. The monoisotopic (exact) mass is 303 g/mol. The Morgan fingerprint density at radius 1 is 1.17 bits per heavy atom. The summed E-state index contributed by atoms with van der Waals surface area (Å²) in [6.45, 7) is 0.